The minimum Gasteiger partial charge on any atom is -0.393 e. The van der Waals surface area contributed by atoms with Crippen LogP contribution in [0.25, 0.3) is 0 Å². The van der Waals surface area contributed by atoms with Crippen LogP contribution in [0.4, 0.5) is 0 Å². The van der Waals surface area contributed by atoms with Gasteiger partial charge in [-0.15, -0.1) is 0 Å². The fourth-order valence-corrected chi connectivity index (χ4v) is 13.9. The summed E-state index contributed by atoms with van der Waals surface area (Å²) in [7, 11) is 0. The SMILES string of the molecule is CC(C)/C(C[C@@H](O)[C@@H](C)[C@H]1CC[C@@]2(O)C3=CC(=O)[C@@H]4C[C@@H](O)[C@@H](O)C[C@]4(C4CCCCC4)[C@H]3CC[C@]12C)=C1\CCCC2(CCCC2)C1. The molecule has 0 saturated heterocycles. The second kappa shape index (κ2) is 12.6. The lowest BCUT2D eigenvalue weighted by molar-refractivity contribution is -0.173. The number of fused-ring (bicyclic) bond motifs is 5. The third-order valence-electron chi connectivity index (χ3n) is 16.4. The molecule has 0 radical (unpaired) electrons. The van der Waals surface area contributed by atoms with E-state index in [-0.39, 0.29) is 34.9 Å². The quantitative estimate of drug-likeness (QED) is 0.217. The summed E-state index contributed by atoms with van der Waals surface area (Å²) in [6.45, 7) is 9.13. The maximum atomic E-state index is 14.1. The Morgan fingerprint density at radius 2 is 1.57 bits per heavy atom. The molecule has 0 unspecified atom stereocenters. The van der Waals surface area contributed by atoms with Gasteiger partial charge in [-0.2, -0.15) is 0 Å². The van der Waals surface area contributed by atoms with Crippen LogP contribution in [0.3, 0.4) is 0 Å². The minimum absolute atomic E-state index is 0.0514. The molecule has 0 aromatic carbocycles. The molecule has 5 nitrogen and oxygen atoms in total. The van der Waals surface area contributed by atoms with E-state index in [0.29, 0.717) is 36.5 Å². The molecule has 0 aliphatic heterocycles. The second-order valence-electron chi connectivity index (χ2n) is 18.7. The van der Waals surface area contributed by atoms with Crippen LogP contribution in [0.2, 0.25) is 0 Å². The first-order valence-corrected chi connectivity index (χ1v) is 20.1. The maximum Gasteiger partial charge on any atom is 0.159 e. The summed E-state index contributed by atoms with van der Waals surface area (Å²) in [4.78, 5) is 14.1. The smallest absolute Gasteiger partial charge is 0.159 e. The summed E-state index contributed by atoms with van der Waals surface area (Å²) < 4.78 is 0. The van der Waals surface area contributed by atoms with Gasteiger partial charge < -0.3 is 20.4 Å². The van der Waals surface area contributed by atoms with E-state index in [2.05, 4.69) is 27.7 Å². The topological polar surface area (TPSA) is 98.0 Å². The van der Waals surface area contributed by atoms with Crippen LogP contribution in [0.15, 0.2) is 22.8 Å². The maximum absolute atomic E-state index is 14.1. The van der Waals surface area contributed by atoms with E-state index < -0.39 is 29.3 Å². The summed E-state index contributed by atoms with van der Waals surface area (Å²) >= 11 is 0. The Bertz CT molecular complexity index is 1250. The van der Waals surface area contributed by atoms with Gasteiger partial charge in [0, 0.05) is 11.3 Å². The molecular formula is C42H66O5. The van der Waals surface area contributed by atoms with Crippen molar-refractivity contribution >= 4 is 5.78 Å². The Kier molecular flexibility index (Phi) is 9.26. The Morgan fingerprint density at radius 3 is 2.28 bits per heavy atom. The van der Waals surface area contributed by atoms with Crippen LogP contribution >= 0.6 is 0 Å². The lowest BCUT2D eigenvalue weighted by Gasteiger charge is -2.63. The number of rotatable bonds is 6. The molecule has 0 heterocycles. The van der Waals surface area contributed by atoms with Gasteiger partial charge in [-0.05, 0) is 148 Å². The van der Waals surface area contributed by atoms with Crippen LogP contribution in [0, 0.1) is 51.8 Å². The van der Waals surface area contributed by atoms with E-state index in [0.717, 1.165) is 56.9 Å². The standard InChI is InChI=1S/C42H66O5/c1-26(2)30(28-11-10-18-40(24-28)16-8-9-17-40)21-35(43)27(3)31-15-20-42(47)33-22-36(44)34-23-37(45)38(46)25-41(34,29-12-6-5-7-13-29)32(33)14-19-39(31,42)4/h22,26-27,29,31-32,34-35,37-38,43,45-47H,5-21,23-25H2,1-4H3/b30-28+/t27-,31+,32-,34-,35+,37+,38-,39+,41-,42+/m0/s1. The number of hydrogen-bond acceptors (Lipinski definition) is 5. The number of carbonyl (C=O) groups is 1. The third-order valence-corrected chi connectivity index (χ3v) is 16.4. The van der Waals surface area contributed by atoms with Crippen molar-refractivity contribution in [2.75, 3.05) is 0 Å². The average molecular weight is 651 g/mol. The van der Waals surface area contributed by atoms with Gasteiger partial charge in [-0.3, -0.25) is 4.79 Å². The lowest BCUT2D eigenvalue weighted by Crippen LogP contribution is -2.63. The lowest BCUT2D eigenvalue weighted by atomic mass is 9.41. The number of hydrogen-bond donors (Lipinski definition) is 4. The number of carbonyl (C=O) groups excluding carboxylic acids is 1. The van der Waals surface area contributed by atoms with Crippen molar-refractivity contribution in [1.82, 2.24) is 0 Å². The fraction of sp³-hybridized carbons (Fsp3) is 0.881. The Hall–Kier alpha value is -1.01. The number of ketones is 1. The molecule has 7 aliphatic carbocycles. The number of allylic oxidation sites excluding steroid dienone is 2. The van der Waals surface area contributed by atoms with Gasteiger partial charge in [0.25, 0.3) is 0 Å². The Balaban J connectivity index is 1.16. The number of aliphatic hydroxyl groups is 4. The average Bonchev–Trinajstić information content (AvgIpc) is 3.61. The van der Waals surface area contributed by atoms with Crippen LogP contribution < -0.4 is 0 Å². The van der Waals surface area contributed by atoms with E-state index in [1.54, 1.807) is 5.57 Å². The van der Waals surface area contributed by atoms with Crippen LogP contribution in [-0.4, -0.2) is 50.1 Å². The van der Waals surface area contributed by atoms with Crippen molar-refractivity contribution in [3.63, 3.8) is 0 Å². The zero-order chi connectivity index (χ0) is 33.4. The van der Waals surface area contributed by atoms with Crippen molar-refractivity contribution in [1.29, 1.82) is 0 Å². The van der Waals surface area contributed by atoms with Gasteiger partial charge >= 0.3 is 0 Å². The molecule has 7 rings (SSSR count). The van der Waals surface area contributed by atoms with Gasteiger partial charge in [-0.25, -0.2) is 0 Å². The predicted molar refractivity (Wildman–Crippen MR) is 186 cm³/mol. The third kappa shape index (κ3) is 5.41. The molecule has 47 heavy (non-hydrogen) atoms. The van der Waals surface area contributed by atoms with Gasteiger partial charge in [0.2, 0.25) is 0 Å². The van der Waals surface area contributed by atoms with Crippen molar-refractivity contribution < 1.29 is 25.2 Å². The highest BCUT2D eigenvalue weighted by molar-refractivity contribution is 5.95. The predicted octanol–water partition coefficient (Wildman–Crippen LogP) is 8.23. The molecule has 7 aliphatic rings. The molecular weight excluding hydrogens is 584 g/mol. The molecule has 6 fully saturated rings. The monoisotopic (exact) mass is 650 g/mol. The molecule has 264 valence electrons. The van der Waals surface area contributed by atoms with Crippen molar-refractivity contribution in [2.24, 2.45) is 51.8 Å². The molecule has 1 spiro atoms. The summed E-state index contributed by atoms with van der Waals surface area (Å²) in [5.74, 6) is 0.873. The van der Waals surface area contributed by atoms with Gasteiger partial charge in [0.05, 0.1) is 23.9 Å². The molecule has 0 bridgehead atoms. The second-order valence-corrected chi connectivity index (χ2v) is 18.7. The van der Waals surface area contributed by atoms with E-state index in [1.165, 1.54) is 63.4 Å². The van der Waals surface area contributed by atoms with Gasteiger partial charge in [0.1, 0.15) is 0 Å². The van der Waals surface area contributed by atoms with E-state index in [9.17, 15) is 25.2 Å². The Labute approximate surface area is 285 Å². The first-order chi connectivity index (χ1) is 22.4. The van der Waals surface area contributed by atoms with Crippen molar-refractivity contribution in [2.45, 2.75) is 180 Å². The highest BCUT2D eigenvalue weighted by Crippen LogP contribution is 2.70. The Morgan fingerprint density at radius 1 is 0.872 bits per heavy atom. The molecule has 6 saturated carbocycles. The van der Waals surface area contributed by atoms with Crippen LogP contribution in [0.1, 0.15) is 156 Å². The summed E-state index contributed by atoms with van der Waals surface area (Å²) in [6, 6.07) is 0. The van der Waals surface area contributed by atoms with Crippen LogP contribution in [0.5, 0.6) is 0 Å². The highest BCUT2D eigenvalue weighted by Gasteiger charge is 2.69. The zero-order valence-electron chi connectivity index (χ0n) is 30.1. The van der Waals surface area contributed by atoms with Crippen molar-refractivity contribution in [3.8, 4) is 0 Å². The first-order valence-electron chi connectivity index (χ1n) is 20.1. The first kappa shape index (κ1) is 34.4. The molecule has 0 aromatic heterocycles. The van der Waals surface area contributed by atoms with Gasteiger partial charge in [-0.1, -0.05) is 70.9 Å². The van der Waals surface area contributed by atoms with Crippen LogP contribution in [-0.2, 0) is 4.79 Å². The molecule has 10 atom stereocenters. The van der Waals surface area contributed by atoms with Crippen molar-refractivity contribution in [3.05, 3.63) is 22.8 Å². The van der Waals surface area contributed by atoms with E-state index in [1.807, 2.05) is 6.08 Å². The number of aliphatic hydroxyl groups excluding tert-OH is 3. The van der Waals surface area contributed by atoms with E-state index >= 15 is 0 Å². The summed E-state index contributed by atoms with van der Waals surface area (Å²) in [5, 5.41) is 46.9. The highest BCUT2D eigenvalue weighted by atomic mass is 16.3. The summed E-state index contributed by atoms with van der Waals surface area (Å²) in [6.07, 6.45) is 20.9. The molecule has 5 heteroatoms. The normalized spacial score (nSPS) is 44.5. The molecule has 4 N–H and O–H groups in total. The minimum atomic E-state index is -1.07. The molecule has 0 aromatic rings. The zero-order valence-corrected chi connectivity index (χ0v) is 30.1. The van der Waals surface area contributed by atoms with Gasteiger partial charge in [0.15, 0.2) is 5.78 Å². The van der Waals surface area contributed by atoms with E-state index in [4.69, 9.17) is 0 Å². The summed E-state index contributed by atoms with van der Waals surface area (Å²) in [5.41, 5.74) is 2.74. The largest absolute Gasteiger partial charge is 0.393 e. The molecule has 0 amide bonds. The fourth-order valence-electron chi connectivity index (χ4n) is 13.9.